The highest BCUT2D eigenvalue weighted by molar-refractivity contribution is 5.98. The number of amides is 2. The molecule has 1 aromatic rings. The van der Waals surface area contributed by atoms with Crippen LogP contribution in [0.15, 0.2) is 18.2 Å². The van der Waals surface area contributed by atoms with Crippen LogP contribution in [-0.4, -0.2) is 46.6 Å². The Balaban J connectivity index is 1.86. The Morgan fingerprint density at radius 3 is 2.65 bits per heavy atom. The first-order chi connectivity index (χ1) is 10.8. The fraction of sp³-hybridized carbons (Fsp3) is 0.556. The number of carbonyl (C=O) groups excluding carboxylic acids is 2. The minimum absolute atomic E-state index is 0.0290. The van der Waals surface area contributed by atoms with E-state index < -0.39 is 5.60 Å². The van der Waals surface area contributed by atoms with Crippen LogP contribution in [0.5, 0.6) is 0 Å². The monoisotopic (exact) mass is 316 g/mol. The van der Waals surface area contributed by atoms with Gasteiger partial charge in [0.2, 0.25) is 5.91 Å². The van der Waals surface area contributed by atoms with Crippen molar-refractivity contribution < 1.29 is 14.7 Å². The van der Waals surface area contributed by atoms with Crippen molar-refractivity contribution in [3.63, 3.8) is 0 Å². The van der Waals surface area contributed by atoms with E-state index in [9.17, 15) is 14.7 Å². The van der Waals surface area contributed by atoms with Crippen LogP contribution in [0.4, 0.5) is 5.69 Å². The maximum Gasteiger partial charge on any atom is 0.254 e. The van der Waals surface area contributed by atoms with E-state index in [0.29, 0.717) is 18.7 Å². The average molecular weight is 316 g/mol. The van der Waals surface area contributed by atoms with E-state index in [1.165, 1.54) is 0 Å². The SMILES string of the molecule is CC(=O)N1CCc2cc(C(=O)N3CCCC3C(C)(C)O)ccc21. The molecule has 2 amide bonds. The number of carbonyl (C=O) groups is 2. The summed E-state index contributed by atoms with van der Waals surface area (Å²) in [6.07, 6.45) is 2.53. The predicted molar refractivity (Wildman–Crippen MR) is 88.5 cm³/mol. The molecule has 0 aromatic heterocycles. The highest BCUT2D eigenvalue weighted by Crippen LogP contribution is 2.32. The third kappa shape index (κ3) is 2.85. The van der Waals surface area contributed by atoms with Crippen LogP contribution < -0.4 is 4.90 Å². The summed E-state index contributed by atoms with van der Waals surface area (Å²) in [6.45, 7) is 6.45. The zero-order valence-corrected chi connectivity index (χ0v) is 14.0. The molecule has 1 fully saturated rings. The second-order valence-corrected chi connectivity index (χ2v) is 7.07. The highest BCUT2D eigenvalue weighted by Gasteiger charge is 2.39. The molecule has 5 heteroatoms. The van der Waals surface area contributed by atoms with Gasteiger partial charge in [0.15, 0.2) is 0 Å². The number of nitrogens with zero attached hydrogens (tertiary/aromatic N) is 2. The van der Waals surface area contributed by atoms with Crippen molar-refractivity contribution in [3.8, 4) is 0 Å². The molecule has 0 radical (unpaired) electrons. The molecule has 1 N–H and O–H groups in total. The Morgan fingerprint density at radius 1 is 1.26 bits per heavy atom. The van der Waals surface area contributed by atoms with Crippen LogP contribution in [0.25, 0.3) is 0 Å². The van der Waals surface area contributed by atoms with Crippen LogP contribution >= 0.6 is 0 Å². The molecular formula is C18H24N2O3. The number of likely N-dealkylation sites (tertiary alicyclic amines) is 1. The summed E-state index contributed by atoms with van der Waals surface area (Å²) in [5, 5.41) is 10.3. The molecule has 2 aliphatic heterocycles. The molecule has 3 rings (SSSR count). The number of hydrogen-bond acceptors (Lipinski definition) is 3. The third-order valence-corrected chi connectivity index (χ3v) is 4.93. The van der Waals surface area contributed by atoms with Crippen molar-refractivity contribution in [2.75, 3.05) is 18.0 Å². The molecule has 1 saturated heterocycles. The van der Waals surface area contributed by atoms with Crippen LogP contribution in [-0.2, 0) is 11.2 Å². The lowest BCUT2D eigenvalue weighted by Crippen LogP contribution is -2.48. The number of rotatable bonds is 2. The molecule has 0 saturated carbocycles. The molecule has 2 heterocycles. The van der Waals surface area contributed by atoms with Crippen LogP contribution in [0.1, 0.15) is 49.5 Å². The first-order valence-corrected chi connectivity index (χ1v) is 8.23. The first-order valence-electron chi connectivity index (χ1n) is 8.23. The van der Waals surface area contributed by atoms with Gasteiger partial charge in [0, 0.05) is 31.3 Å². The highest BCUT2D eigenvalue weighted by atomic mass is 16.3. The topological polar surface area (TPSA) is 60.9 Å². The molecule has 0 aliphatic carbocycles. The van der Waals surface area contributed by atoms with E-state index in [-0.39, 0.29) is 17.9 Å². The lowest BCUT2D eigenvalue weighted by Gasteiger charge is -2.34. The number of aliphatic hydroxyl groups is 1. The molecule has 1 aromatic carbocycles. The zero-order chi connectivity index (χ0) is 16.8. The zero-order valence-electron chi connectivity index (χ0n) is 14.0. The number of fused-ring (bicyclic) bond motifs is 1. The van der Waals surface area contributed by atoms with E-state index in [2.05, 4.69) is 0 Å². The van der Waals surface area contributed by atoms with Gasteiger partial charge in [-0.05, 0) is 56.9 Å². The molecule has 124 valence electrons. The second-order valence-electron chi connectivity index (χ2n) is 7.07. The molecule has 1 atom stereocenters. The average Bonchev–Trinajstić information content (AvgIpc) is 3.11. The summed E-state index contributed by atoms with van der Waals surface area (Å²) in [5.41, 5.74) is 1.71. The van der Waals surface area contributed by atoms with Crippen LogP contribution in [0.2, 0.25) is 0 Å². The predicted octanol–water partition coefficient (Wildman–Crippen LogP) is 1.97. The molecule has 0 spiro atoms. The lowest BCUT2D eigenvalue weighted by atomic mass is 9.96. The quantitative estimate of drug-likeness (QED) is 0.907. The van der Waals surface area contributed by atoms with Crippen molar-refractivity contribution in [2.45, 2.75) is 51.7 Å². The Hall–Kier alpha value is -1.88. The van der Waals surface area contributed by atoms with Gasteiger partial charge in [-0.25, -0.2) is 0 Å². The Labute approximate surface area is 136 Å². The number of anilines is 1. The lowest BCUT2D eigenvalue weighted by molar-refractivity contribution is -0.116. The van der Waals surface area contributed by atoms with Crippen molar-refractivity contribution in [1.29, 1.82) is 0 Å². The molecule has 23 heavy (non-hydrogen) atoms. The van der Waals surface area contributed by atoms with E-state index in [1.54, 1.807) is 36.6 Å². The summed E-state index contributed by atoms with van der Waals surface area (Å²) in [6, 6.07) is 5.42. The summed E-state index contributed by atoms with van der Waals surface area (Å²) < 4.78 is 0. The van der Waals surface area contributed by atoms with E-state index >= 15 is 0 Å². The van der Waals surface area contributed by atoms with E-state index in [4.69, 9.17) is 0 Å². The number of hydrogen-bond donors (Lipinski definition) is 1. The third-order valence-electron chi connectivity index (χ3n) is 4.93. The van der Waals surface area contributed by atoms with Crippen molar-refractivity contribution in [2.24, 2.45) is 0 Å². The summed E-state index contributed by atoms with van der Waals surface area (Å²) in [7, 11) is 0. The van der Waals surface area contributed by atoms with Crippen molar-refractivity contribution in [3.05, 3.63) is 29.3 Å². The molecule has 1 unspecified atom stereocenters. The standard InChI is InChI=1S/C18H24N2O3/c1-12(21)19-10-8-13-11-14(6-7-15(13)19)17(22)20-9-4-5-16(20)18(2,3)23/h6-7,11,16,23H,4-5,8-10H2,1-3H3. The fourth-order valence-electron chi connectivity index (χ4n) is 3.77. The number of benzene rings is 1. The van der Waals surface area contributed by atoms with Gasteiger partial charge in [-0.2, -0.15) is 0 Å². The Kier molecular flexibility index (Phi) is 3.92. The summed E-state index contributed by atoms with van der Waals surface area (Å²) in [5.74, 6) is 0.00293. The molecule has 5 nitrogen and oxygen atoms in total. The smallest absolute Gasteiger partial charge is 0.254 e. The molecule has 2 aliphatic rings. The van der Waals surface area contributed by atoms with Gasteiger partial charge < -0.3 is 14.9 Å². The first kappa shape index (κ1) is 16.0. The largest absolute Gasteiger partial charge is 0.388 e. The van der Waals surface area contributed by atoms with E-state index in [0.717, 1.165) is 30.5 Å². The van der Waals surface area contributed by atoms with Crippen molar-refractivity contribution >= 4 is 17.5 Å². The Morgan fingerprint density at radius 2 is 2.00 bits per heavy atom. The van der Waals surface area contributed by atoms with Crippen LogP contribution in [0.3, 0.4) is 0 Å². The second kappa shape index (κ2) is 5.64. The fourth-order valence-corrected chi connectivity index (χ4v) is 3.77. The minimum atomic E-state index is -0.895. The maximum atomic E-state index is 12.9. The summed E-state index contributed by atoms with van der Waals surface area (Å²) >= 11 is 0. The van der Waals surface area contributed by atoms with Gasteiger partial charge in [-0.15, -0.1) is 0 Å². The molecule has 0 bridgehead atoms. The van der Waals surface area contributed by atoms with Gasteiger partial charge in [0.05, 0.1) is 11.6 Å². The van der Waals surface area contributed by atoms with E-state index in [1.807, 2.05) is 12.1 Å². The van der Waals surface area contributed by atoms with Crippen molar-refractivity contribution in [1.82, 2.24) is 4.90 Å². The van der Waals surface area contributed by atoms with Gasteiger partial charge in [0.25, 0.3) is 5.91 Å². The van der Waals surface area contributed by atoms with Gasteiger partial charge in [0.1, 0.15) is 0 Å². The van der Waals surface area contributed by atoms with Crippen LogP contribution in [0, 0.1) is 0 Å². The molecular weight excluding hydrogens is 292 g/mol. The van der Waals surface area contributed by atoms with Gasteiger partial charge in [-0.1, -0.05) is 0 Å². The summed E-state index contributed by atoms with van der Waals surface area (Å²) in [4.78, 5) is 28.0. The van der Waals surface area contributed by atoms with Gasteiger partial charge in [-0.3, -0.25) is 9.59 Å². The Bertz CT molecular complexity index is 648. The maximum absolute atomic E-state index is 12.9. The normalized spacial score (nSPS) is 20.8. The minimum Gasteiger partial charge on any atom is -0.388 e. The van der Waals surface area contributed by atoms with Gasteiger partial charge >= 0.3 is 0 Å².